The average Bonchev–Trinajstić information content (AvgIpc) is 1.25. The molecule has 50 valence electrons. The van der Waals surface area contributed by atoms with Crippen LogP contribution in [0.15, 0.2) is 0 Å². The molecule has 0 aromatic carbocycles. The molecule has 0 aliphatic rings. The fourth-order valence-electron chi connectivity index (χ4n) is 0. The normalized spacial score (nSPS) is 14.2. The topological polar surface area (TPSA) is 0 Å². The molecule has 0 radical (unpaired) electrons. The molecule has 0 aliphatic heterocycles. The highest BCUT2D eigenvalue weighted by atomic mass is 80.0. The summed E-state index contributed by atoms with van der Waals surface area (Å²) in [6, 6.07) is 0. The Morgan fingerprint density at radius 2 is 1.00 bits per heavy atom. The first-order chi connectivity index (χ1) is 3.25. The summed E-state index contributed by atoms with van der Waals surface area (Å²) in [5.41, 5.74) is 0. The summed E-state index contributed by atoms with van der Waals surface area (Å²) in [7, 11) is 0. The van der Waals surface area contributed by atoms with Gasteiger partial charge in [0.1, 0.15) is 0 Å². The lowest BCUT2D eigenvalue weighted by molar-refractivity contribution is 1.29. The molecule has 0 rings (SSSR count). The molecule has 0 aromatic rings. The summed E-state index contributed by atoms with van der Waals surface area (Å²) < 4.78 is -1.24. The van der Waals surface area contributed by atoms with Gasteiger partial charge >= 0.3 is 0 Å². The maximum Gasteiger partial charge on any atom is 0.188 e. The summed E-state index contributed by atoms with van der Waals surface area (Å²) >= 11 is 21.6. The minimum Gasteiger partial charge on any atom is -0.0904 e. The molecule has 0 heterocycles. The van der Waals surface area contributed by atoms with Gasteiger partial charge in [-0.25, -0.2) is 0 Å². The first-order valence-electron chi connectivity index (χ1n) is 1.38. The molecule has 0 unspecified atom stereocenters. The maximum atomic E-state index is 5.70. The quantitative estimate of drug-likeness (QED) is 0.469. The van der Waals surface area contributed by atoms with E-state index in [1.54, 1.807) is 0 Å². The zero-order valence-corrected chi connectivity index (χ0v) is 12.0. The predicted molar refractivity (Wildman–Crippen MR) is 55.9 cm³/mol. The van der Waals surface area contributed by atoms with Crippen LogP contribution in [0.1, 0.15) is 0 Å². The van der Waals surface area contributed by atoms with Crippen LogP contribution in [0, 0.1) is 0 Å². The zero-order chi connectivity index (χ0) is 7.00. The molecule has 0 amide bonds. The fourth-order valence-corrected chi connectivity index (χ4v) is 0. The first kappa shape index (κ1) is 10.7. The van der Waals surface area contributed by atoms with Crippen LogP contribution in [0.3, 0.4) is 0 Å². The molecule has 6 heteroatoms. The Labute approximate surface area is 94.7 Å². The third-order valence-corrected chi connectivity index (χ3v) is 7.46. The van der Waals surface area contributed by atoms with E-state index in [-0.39, 0.29) is 0 Å². The van der Waals surface area contributed by atoms with E-state index in [1.165, 1.54) is 0 Å². The van der Waals surface area contributed by atoms with Gasteiger partial charge in [0.15, 0.2) is 4.84 Å². The molecule has 0 saturated heterocycles. The van der Waals surface area contributed by atoms with E-state index in [0.717, 1.165) is 0 Å². The molecule has 0 bridgehead atoms. The lowest BCUT2D eigenvalue weighted by atomic mass is 11.0. The predicted octanol–water partition coefficient (Wildman–Crippen LogP) is 4.51. The summed E-state index contributed by atoms with van der Waals surface area (Å²) in [6.45, 7) is 0. The van der Waals surface area contributed by atoms with Crippen molar-refractivity contribution in [2.75, 3.05) is 0 Å². The van der Waals surface area contributed by atoms with Crippen LogP contribution in [0.2, 0.25) is 0 Å². The Morgan fingerprint density at radius 3 is 1.00 bits per heavy atom. The standard InChI is InChI=1S/C2Br5Cl/c3-1(4,5)2(6,7)8. The molecular weight excluding hydrogens is 459 g/mol. The first-order valence-corrected chi connectivity index (χ1v) is 5.73. The maximum absolute atomic E-state index is 5.70. The molecule has 0 aromatic heterocycles. The minimum absolute atomic E-state index is 0.526. The molecule has 0 N–H and O–H groups in total. The smallest absolute Gasteiger partial charge is 0.0904 e. The largest absolute Gasteiger partial charge is 0.188 e. The number of halogens is 6. The van der Waals surface area contributed by atoms with Crippen LogP contribution in [-0.2, 0) is 0 Å². The SMILES string of the molecule is ClC(Br)(Br)C(Br)(Br)Br. The van der Waals surface area contributed by atoms with Gasteiger partial charge in [-0.2, -0.15) is 0 Å². The third kappa shape index (κ3) is 3.76. The Hall–Kier alpha value is 2.69. The van der Waals surface area contributed by atoms with Gasteiger partial charge in [-0.05, 0) is 0 Å². The van der Waals surface area contributed by atoms with Crippen molar-refractivity contribution in [3.05, 3.63) is 0 Å². The summed E-state index contributed by atoms with van der Waals surface area (Å²) in [6.07, 6.45) is 0. The highest BCUT2D eigenvalue weighted by Crippen LogP contribution is 2.54. The van der Waals surface area contributed by atoms with Crippen molar-refractivity contribution in [1.29, 1.82) is 0 Å². The van der Waals surface area contributed by atoms with Crippen molar-refractivity contribution in [3.63, 3.8) is 0 Å². The van der Waals surface area contributed by atoms with Crippen molar-refractivity contribution in [2.24, 2.45) is 0 Å². The molecule has 0 spiro atoms. The van der Waals surface area contributed by atoms with Crippen molar-refractivity contribution >= 4 is 91.3 Å². The van der Waals surface area contributed by atoms with Gasteiger partial charge in [-0.1, -0.05) is 91.3 Å². The van der Waals surface area contributed by atoms with Gasteiger partial charge < -0.3 is 0 Å². The summed E-state index contributed by atoms with van der Waals surface area (Å²) in [5, 5.41) is 0. The van der Waals surface area contributed by atoms with E-state index in [4.69, 9.17) is 11.6 Å². The molecule has 0 nitrogen and oxygen atoms in total. The summed E-state index contributed by atoms with van der Waals surface area (Å²) in [4.78, 5) is 0. The third-order valence-electron chi connectivity index (χ3n) is 0.321. The van der Waals surface area contributed by atoms with Gasteiger partial charge in [0, 0.05) is 0 Å². The Kier molecular flexibility index (Phi) is 4.53. The number of rotatable bonds is 0. The Morgan fingerprint density at radius 1 is 0.875 bits per heavy atom. The van der Waals surface area contributed by atoms with E-state index in [1.807, 2.05) is 0 Å². The second kappa shape index (κ2) is 3.39. The van der Waals surface area contributed by atoms with E-state index in [9.17, 15) is 0 Å². The molecule has 0 atom stereocenters. The van der Waals surface area contributed by atoms with E-state index in [2.05, 4.69) is 79.6 Å². The van der Waals surface area contributed by atoms with E-state index >= 15 is 0 Å². The number of hydrogen-bond acceptors (Lipinski definition) is 0. The van der Waals surface area contributed by atoms with Crippen LogP contribution in [-0.4, -0.2) is 4.84 Å². The highest BCUT2D eigenvalue weighted by Gasteiger charge is 2.40. The van der Waals surface area contributed by atoms with Crippen LogP contribution in [0.4, 0.5) is 0 Å². The van der Waals surface area contributed by atoms with Gasteiger partial charge in [0.25, 0.3) is 0 Å². The second-order valence-corrected chi connectivity index (χ2v) is 12.7. The van der Waals surface area contributed by atoms with Crippen LogP contribution < -0.4 is 0 Å². The fraction of sp³-hybridized carbons (Fsp3) is 1.00. The van der Waals surface area contributed by atoms with E-state index in [0.29, 0.717) is 0 Å². The summed E-state index contributed by atoms with van der Waals surface area (Å²) in [5.74, 6) is 0. The molecular formula is C2Br5Cl. The lowest BCUT2D eigenvalue weighted by Crippen LogP contribution is -2.20. The lowest BCUT2D eigenvalue weighted by Gasteiger charge is -2.21. The second-order valence-electron chi connectivity index (χ2n) is 0.996. The van der Waals surface area contributed by atoms with Crippen molar-refractivity contribution < 1.29 is 0 Å². The van der Waals surface area contributed by atoms with Crippen molar-refractivity contribution in [2.45, 2.75) is 4.84 Å². The minimum atomic E-state index is -0.715. The molecule has 0 aliphatic carbocycles. The van der Waals surface area contributed by atoms with Crippen LogP contribution >= 0.6 is 91.3 Å². The Balaban J connectivity index is 4.02. The molecule has 8 heavy (non-hydrogen) atoms. The van der Waals surface area contributed by atoms with Crippen molar-refractivity contribution in [1.82, 2.24) is 0 Å². The van der Waals surface area contributed by atoms with Crippen LogP contribution in [0.25, 0.3) is 0 Å². The van der Waals surface area contributed by atoms with Crippen LogP contribution in [0.5, 0.6) is 0 Å². The van der Waals surface area contributed by atoms with Crippen molar-refractivity contribution in [3.8, 4) is 0 Å². The zero-order valence-electron chi connectivity index (χ0n) is 3.27. The van der Waals surface area contributed by atoms with E-state index < -0.39 is 4.84 Å². The van der Waals surface area contributed by atoms with Gasteiger partial charge in [-0.3, -0.25) is 0 Å². The highest BCUT2D eigenvalue weighted by molar-refractivity contribution is 9.41. The average molecular weight is 459 g/mol. The van der Waals surface area contributed by atoms with Gasteiger partial charge in [0.2, 0.25) is 0 Å². The van der Waals surface area contributed by atoms with Gasteiger partial charge in [0.05, 0.1) is 0 Å². The monoisotopic (exact) mass is 454 g/mol. The molecule has 0 fully saturated rings. The molecule has 0 saturated carbocycles. The van der Waals surface area contributed by atoms with Gasteiger partial charge in [-0.15, -0.1) is 0 Å². The Bertz CT molecular complexity index is 65.4. The number of hydrogen-bond donors (Lipinski definition) is 0. The number of alkyl halides is 6.